The second-order valence-corrected chi connectivity index (χ2v) is 7.21. The van der Waals surface area contributed by atoms with Gasteiger partial charge in [-0.2, -0.15) is 0 Å². The molecule has 1 saturated heterocycles. The van der Waals surface area contributed by atoms with Gasteiger partial charge in [-0.1, -0.05) is 13.8 Å². The number of carboxylic acid groups (broad SMARTS) is 2. The molecule has 6 N–H and O–H groups in total. The second kappa shape index (κ2) is 10.0. The number of aliphatic carboxylic acids is 2. The maximum Gasteiger partial charge on any atom is 0.326 e. The highest BCUT2D eigenvalue weighted by molar-refractivity contribution is 5.95. The van der Waals surface area contributed by atoms with E-state index in [4.69, 9.17) is 10.8 Å². The molecule has 3 amide bonds. The lowest BCUT2D eigenvalue weighted by atomic mass is 10.0. The molecule has 28 heavy (non-hydrogen) atoms. The first-order valence-corrected chi connectivity index (χ1v) is 9.07. The minimum atomic E-state index is -1.45. The number of carbonyl (C=O) groups is 5. The largest absolute Gasteiger partial charge is 0.481 e. The van der Waals surface area contributed by atoms with Crippen LogP contribution in [-0.4, -0.2) is 75.5 Å². The summed E-state index contributed by atoms with van der Waals surface area (Å²) in [4.78, 5) is 60.7. The van der Waals surface area contributed by atoms with E-state index in [0.29, 0.717) is 6.42 Å². The van der Waals surface area contributed by atoms with Crippen LogP contribution in [0.5, 0.6) is 0 Å². The molecule has 1 fully saturated rings. The van der Waals surface area contributed by atoms with Crippen molar-refractivity contribution >= 4 is 29.7 Å². The van der Waals surface area contributed by atoms with Crippen molar-refractivity contribution in [3.8, 4) is 0 Å². The smallest absolute Gasteiger partial charge is 0.326 e. The van der Waals surface area contributed by atoms with Gasteiger partial charge in [-0.3, -0.25) is 19.2 Å². The van der Waals surface area contributed by atoms with Gasteiger partial charge < -0.3 is 31.5 Å². The molecule has 1 aliphatic rings. The van der Waals surface area contributed by atoms with Crippen molar-refractivity contribution in [2.24, 2.45) is 11.7 Å². The summed E-state index contributed by atoms with van der Waals surface area (Å²) in [5.74, 6) is -4.96. The average Bonchev–Trinajstić information content (AvgIpc) is 3.07. The van der Waals surface area contributed by atoms with E-state index in [0.717, 1.165) is 4.90 Å². The van der Waals surface area contributed by atoms with Crippen LogP contribution >= 0.6 is 0 Å². The summed E-state index contributed by atoms with van der Waals surface area (Å²) in [6.45, 7) is 4.94. The standard InChI is InChI=1S/C17H28N4O7/c1-8(2)13(20-14(24)9(3)18)15(25)19-10(7-12(22)23)16(26)21-6-4-5-11(21)17(27)28/h8-11,13H,4-7,18H2,1-3H3,(H,19,25)(H,20,24)(H,22,23)(H,27,28). The molecule has 11 heteroatoms. The van der Waals surface area contributed by atoms with E-state index in [-0.39, 0.29) is 18.9 Å². The first-order chi connectivity index (χ1) is 13.0. The first kappa shape index (κ1) is 23.3. The van der Waals surface area contributed by atoms with Crippen LogP contribution in [0.3, 0.4) is 0 Å². The summed E-state index contributed by atoms with van der Waals surface area (Å²) >= 11 is 0. The Morgan fingerprint density at radius 3 is 2.14 bits per heavy atom. The fourth-order valence-electron chi connectivity index (χ4n) is 2.94. The van der Waals surface area contributed by atoms with E-state index in [9.17, 15) is 29.1 Å². The molecule has 0 aromatic rings. The molecule has 0 radical (unpaired) electrons. The number of amides is 3. The molecule has 0 saturated carbocycles. The first-order valence-electron chi connectivity index (χ1n) is 9.07. The second-order valence-electron chi connectivity index (χ2n) is 7.21. The minimum Gasteiger partial charge on any atom is -0.481 e. The lowest BCUT2D eigenvalue weighted by molar-refractivity contribution is -0.150. The van der Waals surface area contributed by atoms with Gasteiger partial charge in [-0.25, -0.2) is 4.79 Å². The third kappa shape index (κ3) is 6.19. The summed E-state index contributed by atoms with van der Waals surface area (Å²) in [6.07, 6.45) is 0.0167. The fraction of sp³-hybridized carbons (Fsp3) is 0.706. The van der Waals surface area contributed by atoms with E-state index in [2.05, 4.69) is 10.6 Å². The summed E-state index contributed by atoms with van der Waals surface area (Å²) in [6, 6.07) is -4.39. The van der Waals surface area contributed by atoms with Crippen molar-refractivity contribution in [3.05, 3.63) is 0 Å². The van der Waals surface area contributed by atoms with Crippen LogP contribution < -0.4 is 16.4 Å². The van der Waals surface area contributed by atoms with Gasteiger partial charge in [0.2, 0.25) is 17.7 Å². The van der Waals surface area contributed by atoms with E-state index in [1.165, 1.54) is 6.92 Å². The number of likely N-dealkylation sites (tertiary alicyclic amines) is 1. The van der Waals surface area contributed by atoms with Gasteiger partial charge in [0.05, 0.1) is 12.5 Å². The highest BCUT2D eigenvalue weighted by Gasteiger charge is 2.39. The van der Waals surface area contributed by atoms with Crippen molar-refractivity contribution < 1.29 is 34.2 Å². The van der Waals surface area contributed by atoms with Crippen LogP contribution in [0.1, 0.15) is 40.0 Å². The summed E-state index contributed by atoms with van der Waals surface area (Å²) in [7, 11) is 0. The highest BCUT2D eigenvalue weighted by Crippen LogP contribution is 2.19. The van der Waals surface area contributed by atoms with Crippen LogP contribution in [0.25, 0.3) is 0 Å². The molecule has 0 aromatic heterocycles. The zero-order valence-electron chi connectivity index (χ0n) is 16.2. The number of carbonyl (C=O) groups excluding carboxylic acids is 3. The third-order valence-corrected chi connectivity index (χ3v) is 4.47. The van der Waals surface area contributed by atoms with Crippen LogP contribution in [0, 0.1) is 5.92 Å². The zero-order valence-corrected chi connectivity index (χ0v) is 16.2. The van der Waals surface area contributed by atoms with Gasteiger partial charge in [0.15, 0.2) is 0 Å². The summed E-state index contributed by atoms with van der Waals surface area (Å²) in [5, 5.41) is 23.2. The Balaban J connectivity index is 2.98. The normalized spacial score (nSPS) is 19.6. The lowest BCUT2D eigenvalue weighted by Gasteiger charge is -2.29. The topological polar surface area (TPSA) is 179 Å². The van der Waals surface area contributed by atoms with E-state index < -0.39 is 60.2 Å². The maximum atomic E-state index is 12.7. The number of nitrogens with one attached hydrogen (secondary N) is 2. The molecule has 0 spiro atoms. The molecular formula is C17H28N4O7. The Bertz CT molecular complexity index is 635. The lowest BCUT2D eigenvalue weighted by Crippen LogP contribution is -2.58. The Morgan fingerprint density at radius 2 is 1.68 bits per heavy atom. The van der Waals surface area contributed by atoms with Gasteiger partial charge in [-0.15, -0.1) is 0 Å². The van der Waals surface area contributed by atoms with Gasteiger partial charge in [0.25, 0.3) is 0 Å². The quantitative estimate of drug-likeness (QED) is 0.310. The minimum absolute atomic E-state index is 0.164. The zero-order chi connectivity index (χ0) is 21.6. The number of carboxylic acids is 2. The highest BCUT2D eigenvalue weighted by atomic mass is 16.4. The van der Waals surface area contributed by atoms with Crippen molar-refractivity contribution in [1.82, 2.24) is 15.5 Å². The Labute approximate surface area is 162 Å². The molecule has 0 aliphatic carbocycles. The molecule has 4 atom stereocenters. The van der Waals surface area contributed by atoms with Crippen molar-refractivity contribution in [2.45, 2.75) is 64.2 Å². The molecule has 4 unspecified atom stereocenters. The SMILES string of the molecule is CC(N)C(=O)NC(C(=O)NC(CC(=O)O)C(=O)N1CCCC1C(=O)O)C(C)C. The van der Waals surface area contributed by atoms with Crippen molar-refractivity contribution in [2.75, 3.05) is 6.54 Å². The summed E-state index contributed by atoms with van der Waals surface area (Å²) < 4.78 is 0. The van der Waals surface area contributed by atoms with Crippen LogP contribution in [0.15, 0.2) is 0 Å². The number of nitrogens with two attached hydrogens (primary N) is 1. The van der Waals surface area contributed by atoms with Gasteiger partial charge >= 0.3 is 11.9 Å². The molecule has 158 valence electrons. The molecule has 1 heterocycles. The van der Waals surface area contributed by atoms with Crippen LogP contribution in [0.4, 0.5) is 0 Å². The van der Waals surface area contributed by atoms with Crippen LogP contribution in [-0.2, 0) is 24.0 Å². The molecule has 11 nitrogen and oxygen atoms in total. The van der Waals surface area contributed by atoms with E-state index in [1.807, 2.05) is 0 Å². The molecular weight excluding hydrogens is 372 g/mol. The predicted octanol–water partition coefficient (Wildman–Crippen LogP) is -1.49. The Morgan fingerprint density at radius 1 is 1.07 bits per heavy atom. The van der Waals surface area contributed by atoms with Crippen LogP contribution in [0.2, 0.25) is 0 Å². The molecule has 0 bridgehead atoms. The third-order valence-electron chi connectivity index (χ3n) is 4.47. The van der Waals surface area contributed by atoms with Gasteiger partial charge in [0.1, 0.15) is 18.1 Å². The molecule has 1 rings (SSSR count). The monoisotopic (exact) mass is 400 g/mol. The Hall–Kier alpha value is -2.69. The van der Waals surface area contributed by atoms with Crippen molar-refractivity contribution in [3.63, 3.8) is 0 Å². The number of hydrogen-bond donors (Lipinski definition) is 5. The maximum absolute atomic E-state index is 12.7. The van der Waals surface area contributed by atoms with Crippen molar-refractivity contribution in [1.29, 1.82) is 0 Å². The van der Waals surface area contributed by atoms with Gasteiger partial charge in [-0.05, 0) is 25.7 Å². The number of hydrogen-bond acceptors (Lipinski definition) is 6. The number of rotatable bonds is 9. The fourth-order valence-corrected chi connectivity index (χ4v) is 2.94. The van der Waals surface area contributed by atoms with Gasteiger partial charge in [0, 0.05) is 6.54 Å². The summed E-state index contributed by atoms with van der Waals surface area (Å²) in [5.41, 5.74) is 5.49. The van der Waals surface area contributed by atoms with E-state index in [1.54, 1.807) is 13.8 Å². The van der Waals surface area contributed by atoms with E-state index >= 15 is 0 Å². The molecule has 1 aliphatic heterocycles. The number of nitrogens with zero attached hydrogens (tertiary/aromatic N) is 1. The predicted molar refractivity (Wildman–Crippen MR) is 97.0 cm³/mol. The average molecular weight is 400 g/mol. The molecule has 0 aromatic carbocycles. The Kier molecular flexibility index (Phi) is 8.35.